The zero-order valence-corrected chi connectivity index (χ0v) is 17.5. The van der Waals surface area contributed by atoms with E-state index in [4.69, 9.17) is 4.74 Å². The number of aromatic hydroxyl groups is 1. The van der Waals surface area contributed by atoms with Gasteiger partial charge in [-0.15, -0.1) is 0 Å². The Kier molecular flexibility index (Phi) is 8.81. The summed E-state index contributed by atoms with van der Waals surface area (Å²) in [5.74, 6) is 3.75. The quantitative estimate of drug-likeness (QED) is 0.429. The van der Waals surface area contributed by atoms with Gasteiger partial charge < -0.3 is 9.84 Å². The average molecular weight is 361 g/mol. The van der Waals surface area contributed by atoms with Crippen molar-refractivity contribution in [3.8, 4) is 11.5 Å². The second-order valence-corrected chi connectivity index (χ2v) is 9.13. The Morgan fingerprint density at radius 3 is 2.19 bits per heavy atom. The minimum Gasteiger partial charge on any atom is -0.508 e. The van der Waals surface area contributed by atoms with Gasteiger partial charge in [0.2, 0.25) is 0 Å². The molecule has 1 aliphatic rings. The van der Waals surface area contributed by atoms with E-state index in [9.17, 15) is 5.11 Å². The van der Waals surface area contributed by atoms with E-state index in [1.54, 1.807) is 12.1 Å². The molecule has 3 atom stereocenters. The van der Waals surface area contributed by atoms with Gasteiger partial charge in [0, 0.05) is 12.5 Å². The summed E-state index contributed by atoms with van der Waals surface area (Å²) >= 11 is 0. The molecular formula is C24H40O2. The van der Waals surface area contributed by atoms with Gasteiger partial charge in [-0.2, -0.15) is 0 Å². The van der Waals surface area contributed by atoms with Gasteiger partial charge in [0.05, 0.1) is 0 Å². The number of phenols is 1. The number of hydrogen-bond donors (Lipinski definition) is 1. The van der Waals surface area contributed by atoms with Crippen LogP contribution in [0, 0.1) is 17.8 Å². The Balaban J connectivity index is 1.51. The fraction of sp³-hybridized carbons (Fsp3) is 0.750. The fourth-order valence-corrected chi connectivity index (χ4v) is 4.12. The summed E-state index contributed by atoms with van der Waals surface area (Å²) in [6.45, 7) is 9.49. The summed E-state index contributed by atoms with van der Waals surface area (Å²) in [6, 6.07) is 5.51. The molecule has 2 rings (SSSR count). The van der Waals surface area contributed by atoms with E-state index < -0.39 is 0 Å². The van der Waals surface area contributed by atoms with Gasteiger partial charge in [0.25, 0.3) is 0 Å². The number of phenolic OH excluding ortho intramolecular Hbond substituents is 1. The summed E-state index contributed by atoms with van der Waals surface area (Å²) in [7, 11) is 0. The molecule has 0 bridgehead atoms. The van der Waals surface area contributed by atoms with Crippen molar-refractivity contribution in [2.24, 2.45) is 17.8 Å². The van der Waals surface area contributed by atoms with Crippen molar-refractivity contribution >= 4 is 0 Å². The van der Waals surface area contributed by atoms with E-state index in [-0.39, 0.29) is 0 Å². The molecule has 148 valence electrons. The molecule has 0 saturated heterocycles. The van der Waals surface area contributed by atoms with Crippen LogP contribution < -0.4 is 4.74 Å². The van der Waals surface area contributed by atoms with Crippen molar-refractivity contribution in [1.29, 1.82) is 0 Å². The first-order chi connectivity index (χ1) is 12.4. The summed E-state index contributed by atoms with van der Waals surface area (Å²) in [5, 5.41) is 9.54. The molecule has 0 aliphatic carbocycles. The van der Waals surface area contributed by atoms with E-state index in [1.165, 1.54) is 56.9 Å². The highest BCUT2D eigenvalue weighted by Crippen LogP contribution is 2.33. The topological polar surface area (TPSA) is 29.5 Å². The molecule has 0 saturated carbocycles. The molecular weight excluding hydrogens is 320 g/mol. The maximum absolute atomic E-state index is 9.54. The summed E-state index contributed by atoms with van der Waals surface area (Å²) in [4.78, 5) is 0. The molecule has 3 unspecified atom stereocenters. The van der Waals surface area contributed by atoms with Gasteiger partial charge in [0.1, 0.15) is 17.6 Å². The Labute approximate surface area is 161 Å². The van der Waals surface area contributed by atoms with Crippen LogP contribution in [0.15, 0.2) is 18.2 Å². The van der Waals surface area contributed by atoms with Crippen LogP contribution in [0.4, 0.5) is 0 Å². The Morgan fingerprint density at radius 2 is 1.54 bits per heavy atom. The molecule has 0 fully saturated rings. The van der Waals surface area contributed by atoms with Crippen LogP contribution in [0.2, 0.25) is 0 Å². The molecule has 2 heteroatoms. The second-order valence-electron chi connectivity index (χ2n) is 9.13. The SMILES string of the molecule is CC(C)CCCC(C)CCCC(C)CCCC1Cc2ccc(O)cc2O1. The average Bonchev–Trinajstić information content (AvgIpc) is 2.96. The van der Waals surface area contributed by atoms with Crippen LogP contribution in [0.25, 0.3) is 0 Å². The van der Waals surface area contributed by atoms with Crippen LogP contribution >= 0.6 is 0 Å². The van der Waals surface area contributed by atoms with Crippen LogP contribution in [-0.2, 0) is 6.42 Å². The van der Waals surface area contributed by atoms with Gasteiger partial charge in [-0.05, 0) is 42.2 Å². The third kappa shape index (κ3) is 7.60. The van der Waals surface area contributed by atoms with E-state index >= 15 is 0 Å². The van der Waals surface area contributed by atoms with Crippen LogP contribution in [0.1, 0.15) is 91.0 Å². The highest BCUT2D eigenvalue weighted by atomic mass is 16.5. The van der Waals surface area contributed by atoms with Crippen LogP contribution in [-0.4, -0.2) is 11.2 Å². The van der Waals surface area contributed by atoms with Crippen molar-refractivity contribution in [1.82, 2.24) is 0 Å². The molecule has 0 aromatic heterocycles. The lowest BCUT2D eigenvalue weighted by atomic mass is 9.91. The zero-order valence-electron chi connectivity index (χ0n) is 17.5. The van der Waals surface area contributed by atoms with Crippen molar-refractivity contribution < 1.29 is 9.84 Å². The summed E-state index contributed by atoms with van der Waals surface area (Å²) in [5.41, 5.74) is 1.24. The summed E-state index contributed by atoms with van der Waals surface area (Å²) in [6.07, 6.45) is 13.3. The van der Waals surface area contributed by atoms with E-state index in [0.717, 1.165) is 36.3 Å². The van der Waals surface area contributed by atoms with E-state index in [2.05, 4.69) is 27.7 Å². The van der Waals surface area contributed by atoms with E-state index in [1.807, 2.05) is 6.07 Å². The lowest BCUT2D eigenvalue weighted by Crippen LogP contribution is -2.13. The van der Waals surface area contributed by atoms with Gasteiger partial charge >= 0.3 is 0 Å². The minimum atomic E-state index is 0.302. The van der Waals surface area contributed by atoms with Crippen molar-refractivity contribution in [3.05, 3.63) is 23.8 Å². The smallest absolute Gasteiger partial charge is 0.126 e. The minimum absolute atomic E-state index is 0.302. The predicted molar refractivity (Wildman–Crippen MR) is 111 cm³/mol. The maximum Gasteiger partial charge on any atom is 0.126 e. The maximum atomic E-state index is 9.54. The fourth-order valence-electron chi connectivity index (χ4n) is 4.12. The monoisotopic (exact) mass is 360 g/mol. The molecule has 26 heavy (non-hydrogen) atoms. The molecule has 0 radical (unpaired) electrons. The first kappa shape index (κ1) is 21.1. The van der Waals surface area contributed by atoms with Gasteiger partial charge in [0.15, 0.2) is 0 Å². The van der Waals surface area contributed by atoms with Crippen molar-refractivity contribution in [2.75, 3.05) is 0 Å². The van der Waals surface area contributed by atoms with Crippen molar-refractivity contribution in [2.45, 2.75) is 98.0 Å². The largest absolute Gasteiger partial charge is 0.508 e. The standard InChI is InChI=1S/C24H40O2/c1-18(2)8-5-9-19(3)10-6-11-20(4)12-7-13-23-16-21-14-15-22(25)17-24(21)26-23/h14-15,17-20,23,25H,5-13,16H2,1-4H3. The third-order valence-electron chi connectivity index (χ3n) is 5.89. The lowest BCUT2D eigenvalue weighted by Gasteiger charge is -2.16. The van der Waals surface area contributed by atoms with Gasteiger partial charge in [-0.3, -0.25) is 0 Å². The summed E-state index contributed by atoms with van der Waals surface area (Å²) < 4.78 is 5.98. The second kappa shape index (κ2) is 10.8. The number of fused-ring (bicyclic) bond motifs is 1. The normalized spacial score (nSPS) is 18.6. The number of hydrogen-bond acceptors (Lipinski definition) is 2. The first-order valence-corrected chi connectivity index (χ1v) is 10.9. The zero-order chi connectivity index (χ0) is 18.9. The Morgan fingerprint density at radius 1 is 0.923 bits per heavy atom. The highest BCUT2D eigenvalue weighted by molar-refractivity contribution is 5.42. The Hall–Kier alpha value is -1.18. The van der Waals surface area contributed by atoms with Crippen LogP contribution in [0.5, 0.6) is 11.5 Å². The molecule has 1 heterocycles. The molecule has 1 aromatic rings. The highest BCUT2D eigenvalue weighted by Gasteiger charge is 2.22. The Bertz CT molecular complexity index is 523. The lowest BCUT2D eigenvalue weighted by molar-refractivity contribution is 0.212. The molecule has 0 spiro atoms. The number of benzene rings is 1. The first-order valence-electron chi connectivity index (χ1n) is 10.9. The number of ether oxygens (including phenoxy) is 1. The molecule has 1 N–H and O–H groups in total. The van der Waals surface area contributed by atoms with E-state index in [0.29, 0.717) is 11.9 Å². The number of rotatable bonds is 12. The molecule has 1 aromatic carbocycles. The molecule has 0 amide bonds. The van der Waals surface area contributed by atoms with Crippen molar-refractivity contribution in [3.63, 3.8) is 0 Å². The van der Waals surface area contributed by atoms with Gasteiger partial charge in [-0.1, -0.05) is 78.7 Å². The van der Waals surface area contributed by atoms with Crippen LogP contribution in [0.3, 0.4) is 0 Å². The van der Waals surface area contributed by atoms with Gasteiger partial charge in [-0.25, -0.2) is 0 Å². The third-order valence-corrected chi connectivity index (χ3v) is 5.89. The predicted octanol–water partition coefficient (Wildman–Crippen LogP) is 7.13. The molecule has 2 nitrogen and oxygen atoms in total. The molecule has 1 aliphatic heterocycles.